The molecule has 0 aromatic heterocycles. The first-order chi connectivity index (χ1) is 5.33. The van der Waals surface area contributed by atoms with Gasteiger partial charge in [0.05, 0.1) is 4.99 Å². The van der Waals surface area contributed by atoms with Gasteiger partial charge in [0.15, 0.2) is 0 Å². The lowest BCUT2D eigenvalue weighted by Crippen LogP contribution is -2.34. The summed E-state index contributed by atoms with van der Waals surface area (Å²) >= 11 is 5.12. The predicted molar refractivity (Wildman–Crippen MR) is 52.9 cm³/mol. The minimum absolute atomic E-state index is 0.691. The average Bonchev–Trinajstić information content (AvgIpc) is 2.06. The molecule has 0 spiro atoms. The topological polar surface area (TPSA) is 12.0 Å². The summed E-state index contributed by atoms with van der Waals surface area (Å²) < 4.78 is 0. The highest BCUT2D eigenvalue weighted by molar-refractivity contribution is 7.80. The Balaban J connectivity index is 2.19. The van der Waals surface area contributed by atoms with Gasteiger partial charge in [-0.05, 0) is 19.3 Å². The van der Waals surface area contributed by atoms with Crippen molar-refractivity contribution in [2.45, 2.75) is 51.5 Å². The molecule has 64 valence electrons. The summed E-state index contributed by atoms with van der Waals surface area (Å²) in [7, 11) is 0. The molecule has 1 nitrogen and oxygen atoms in total. The molecule has 1 aliphatic carbocycles. The molecule has 0 radical (unpaired) electrons. The number of nitrogens with one attached hydrogen (secondary N) is 1. The Morgan fingerprint density at radius 2 is 2.00 bits per heavy atom. The number of hydrogen-bond donors (Lipinski definition) is 1. The molecule has 1 rings (SSSR count). The fourth-order valence-electron chi connectivity index (χ4n) is 1.58. The molecule has 11 heavy (non-hydrogen) atoms. The first-order valence-corrected chi connectivity index (χ1v) is 5.03. The lowest BCUT2D eigenvalue weighted by molar-refractivity contribution is 0.413. The first kappa shape index (κ1) is 8.98. The summed E-state index contributed by atoms with van der Waals surface area (Å²) in [5.41, 5.74) is 0. The minimum atomic E-state index is 0.691. The zero-order valence-corrected chi connectivity index (χ0v) is 8.04. The van der Waals surface area contributed by atoms with Crippen molar-refractivity contribution in [3.05, 3.63) is 0 Å². The van der Waals surface area contributed by atoms with Crippen molar-refractivity contribution >= 4 is 17.2 Å². The highest BCUT2D eigenvalue weighted by atomic mass is 32.1. The molecule has 1 fully saturated rings. The molecule has 0 aromatic carbocycles. The zero-order valence-electron chi connectivity index (χ0n) is 7.23. The Hall–Kier alpha value is -0.110. The second-order valence-corrected chi connectivity index (χ2v) is 3.75. The molecule has 0 saturated heterocycles. The van der Waals surface area contributed by atoms with Gasteiger partial charge in [-0.2, -0.15) is 0 Å². The SMILES string of the molecule is CCC(=S)NC1CCCCC1. The summed E-state index contributed by atoms with van der Waals surface area (Å²) in [6.45, 7) is 2.11. The van der Waals surface area contributed by atoms with Crippen LogP contribution in [0.2, 0.25) is 0 Å². The van der Waals surface area contributed by atoms with Crippen LogP contribution in [0.5, 0.6) is 0 Å². The van der Waals surface area contributed by atoms with Gasteiger partial charge in [-0.15, -0.1) is 0 Å². The van der Waals surface area contributed by atoms with Crippen molar-refractivity contribution in [3.63, 3.8) is 0 Å². The molecule has 0 aliphatic heterocycles. The second-order valence-electron chi connectivity index (χ2n) is 3.26. The van der Waals surface area contributed by atoms with Crippen molar-refractivity contribution < 1.29 is 0 Å². The van der Waals surface area contributed by atoms with E-state index in [0.717, 1.165) is 11.4 Å². The van der Waals surface area contributed by atoms with Crippen LogP contribution in [0.1, 0.15) is 45.4 Å². The average molecular weight is 171 g/mol. The van der Waals surface area contributed by atoms with Gasteiger partial charge >= 0.3 is 0 Å². The molecule has 1 aliphatic rings. The molecule has 0 unspecified atom stereocenters. The Morgan fingerprint density at radius 1 is 1.36 bits per heavy atom. The van der Waals surface area contributed by atoms with Crippen LogP contribution in [0.3, 0.4) is 0 Å². The van der Waals surface area contributed by atoms with Gasteiger partial charge in [0.25, 0.3) is 0 Å². The van der Waals surface area contributed by atoms with Gasteiger partial charge in [-0.25, -0.2) is 0 Å². The smallest absolute Gasteiger partial charge is 0.0752 e. The molecular formula is C9H17NS. The number of thiocarbonyl (C=S) groups is 1. The Kier molecular flexibility index (Phi) is 3.84. The Bertz CT molecular complexity index is 128. The molecule has 1 saturated carbocycles. The van der Waals surface area contributed by atoms with E-state index in [1.807, 2.05) is 0 Å². The second kappa shape index (κ2) is 4.70. The molecule has 1 N–H and O–H groups in total. The van der Waals surface area contributed by atoms with Crippen LogP contribution in [0.15, 0.2) is 0 Å². The van der Waals surface area contributed by atoms with E-state index in [0.29, 0.717) is 6.04 Å². The van der Waals surface area contributed by atoms with E-state index < -0.39 is 0 Å². The number of hydrogen-bond acceptors (Lipinski definition) is 1. The van der Waals surface area contributed by atoms with Gasteiger partial charge in [0.2, 0.25) is 0 Å². The van der Waals surface area contributed by atoms with Crippen LogP contribution < -0.4 is 5.32 Å². The third kappa shape index (κ3) is 3.19. The van der Waals surface area contributed by atoms with Gasteiger partial charge in [0.1, 0.15) is 0 Å². The summed E-state index contributed by atoms with van der Waals surface area (Å²) in [6.07, 6.45) is 7.80. The Morgan fingerprint density at radius 3 is 2.55 bits per heavy atom. The van der Waals surface area contributed by atoms with Crippen molar-refractivity contribution in [2.75, 3.05) is 0 Å². The monoisotopic (exact) mass is 171 g/mol. The third-order valence-corrected chi connectivity index (χ3v) is 2.70. The summed E-state index contributed by atoms with van der Waals surface area (Å²) in [5.74, 6) is 0. The summed E-state index contributed by atoms with van der Waals surface area (Å²) in [5, 5.41) is 3.40. The molecule has 0 aromatic rings. The summed E-state index contributed by atoms with van der Waals surface area (Å²) in [4.78, 5) is 1.04. The quantitative estimate of drug-likeness (QED) is 0.641. The van der Waals surface area contributed by atoms with Crippen LogP contribution in [-0.4, -0.2) is 11.0 Å². The van der Waals surface area contributed by atoms with E-state index in [1.165, 1.54) is 32.1 Å². The van der Waals surface area contributed by atoms with E-state index in [1.54, 1.807) is 0 Å². The fraction of sp³-hybridized carbons (Fsp3) is 0.889. The van der Waals surface area contributed by atoms with E-state index in [2.05, 4.69) is 12.2 Å². The van der Waals surface area contributed by atoms with E-state index >= 15 is 0 Å². The van der Waals surface area contributed by atoms with Crippen LogP contribution >= 0.6 is 12.2 Å². The third-order valence-electron chi connectivity index (χ3n) is 2.29. The minimum Gasteiger partial charge on any atom is -0.377 e. The van der Waals surface area contributed by atoms with Crippen molar-refractivity contribution in [1.29, 1.82) is 0 Å². The van der Waals surface area contributed by atoms with E-state index in [-0.39, 0.29) is 0 Å². The standard InChI is InChI=1S/C9H17NS/c1-2-9(11)10-8-6-4-3-5-7-8/h8H,2-7H2,1H3,(H,10,11). The largest absolute Gasteiger partial charge is 0.377 e. The maximum Gasteiger partial charge on any atom is 0.0752 e. The Labute approximate surface area is 74.6 Å². The van der Waals surface area contributed by atoms with E-state index in [9.17, 15) is 0 Å². The van der Waals surface area contributed by atoms with Gasteiger partial charge < -0.3 is 5.32 Å². The van der Waals surface area contributed by atoms with Crippen molar-refractivity contribution in [2.24, 2.45) is 0 Å². The van der Waals surface area contributed by atoms with Crippen LogP contribution in [0, 0.1) is 0 Å². The molecule has 0 amide bonds. The van der Waals surface area contributed by atoms with Gasteiger partial charge in [0, 0.05) is 6.04 Å². The normalized spacial score (nSPS) is 19.7. The molecule has 2 heteroatoms. The van der Waals surface area contributed by atoms with Crippen LogP contribution in [0.4, 0.5) is 0 Å². The number of rotatable bonds is 2. The van der Waals surface area contributed by atoms with Crippen molar-refractivity contribution in [1.82, 2.24) is 5.32 Å². The van der Waals surface area contributed by atoms with Gasteiger partial charge in [-0.1, -0.05) is 38.4 Å². The maximum atomic E-state index is 5.12. The van der Waals surface area contributed by atoms with Crippen LogP contribution in [0.25, 0.3) is 0 Å². The van der Waals surface area contributed by atoms with E-state index in [4.69, 9.17) is 12.2 Å². The predicted octanol–water partition coefficient (Wildman–Crippen LogP) is 2.65. The lowest BCUT2D eigenvalue weighted by Gasteiger charge is -2.23. The van der Waals surface area contributed by atoms with Crippen LogP contribution in [-0.2, 0) is 0 Å². The first-order valence-electron chi connectivity index (χ1n) is 4.62. The molecular weight excluding hydrogens is 154 g/mol. The van der Waals surface area contributed by atoms with Crippen molar-refractivity contribution in [3.8, 4) is 0 Å². The maximum absolute atomic E-state index is 5.12. The fourth-order valence-corrected chi connectivity index (χ4v) is 1.74. The highest BCUT2D eigenvalue weighted by Gasteiger charge is 2.12. The van der Waals surface area contributed by atoms with Gasteiger partial charge in [-0.3, -0.25) is 0 Å². The molecule has 0 heterocycles. The lowest BCUT2D eigenvalue weighted by atomic mass is 9.95. The molecule has 0 atom stereocenters. The highest BCUT2D eigenvalue weighted by Crippen LogP contribution is 2.17. The summed E-state index contributed by atoms with van der Waals surface area (Å²) in [6, 6.07) is 0.691. The molecule has 0 bridgehead atoms. The zero-order chi connectivity index (χ0) is 8.10.